The van der Waals surface area contributed by atoms with E-state index in [0.717, 1.165) is 19.4 Å². The summed E-state index contributed by atoms with van der Waals surface area (Å²) >= 11 is 0. The molecule has 0 radical (unpaired) electrons. The van der Waals surface area contributed by atoms with Gasteiger partial charge in [0.05, 0.1) is 12.1 Å². The number of nitrogens with zero attached hydrogens (tertiary/aromatic N) is 4. The van der Waals surface area contributed by atoms with Crippen molar-refractivity contribution >= 4 is 5.91 Å². The van der Waals surface area contributed by atoms with Crippen molar-refractivity contribution < 1.29 is 4.79 Å². The third kappa shape index (κ3) is 2.53. The number of tetrazole rings is 1. The smallest absolute Gasteiger partial charge is 0.249 e. The van der Waals surface area contributed by atoms with Crippen LogP contribution in [0.3, 0.4) is 0 Å². The minimum absolute atomic E-state index is 0.410. The van der Waals surface area contributed by atoms with Crippen molar-refractivity contribution in [1.29, 1.82) is 0 Å². The number of unbranched alkanes of at least 4 members (excludes halogenated alkanes) is 1. The molecule has 6 heteroatoms. The molecule has 0 unspecified atom stereocenters. The van der Waals surface area contributed by atoms with Gasteiger partial charge < -0.3 is 5.73 Å². The molecule has 0 aliphatic carbocycles. The number of nitrogens with two attached hydrogens (primary N) is 1. The predicted octanol–water partition coefficient (Wildman–Crippen LogP) is 1.24. The standard InChI is InChI=1S/C12H15N5O/c1-2-3-8-17-15-12(14-16-17)10-7-5-4-6-9(10)11(13)18/h4-7H,2-3,8H2,1H3,(H2,13,18). The maximum Gasteiger partial charge on any atom is 0.249 e. The van der Waals surface area contributed by atoms with Crippen molar-refractivity contribution in [2.24, 2.45) is 5.73 Å². The first-order valence-electron chi connectivity index (χ1n) is 5.89. The van der Waals surface area contributed by atoms with Crippen LogP contribution in [0.15, 0.2) is 24.3 Å². The van der Waals surface area contributed by atoms with Gasteiger partial charge in [0.15, 0.2) is 0 Å². The summed E-state index contributed by atoms with van der Waals surface area (Å²) in [6.45, 7) is 2.82. The topological polar surface area (TPSA) is 86.7 Å². The average molecular weight is 245 g/mol. The lowest BCUT2D eigenvalue weighted by atomic mass is 10.1. The minimum Gasteiger partial charge on any atom is -0.366 e. The van der Waals surface area contributed by atoms with Crippen molar-refractivity contribution in [2.45, 2.75) is 26.3 Å². The lowest BCUT2D eigenvalue weighted by Gasteiger charge is -2.01. The van der Waals surface area contributed by atoms with E-state index in [0.29, 0.717) is 17.0 Å². The van der Waals surface area contributed by atoms with Gasteiger partial charge in [-0.05, 0) is 17.7 Å². The van der Waals surface area contributed by atoms with Crippen LogP contribution in [0.5, 0.6) is 0 Å². The number of carbonyl (C=O) groups is 1. The summed E-state index contributed by atoms with van der Waals surface area (Å²) < 4.78 is 0. The molecule has 0 aliphatic heterocycles. The fraction of sp³-hybridized carbons (Fsp3) is 0.333. The van der Waals surface area contributed by atoms with Crippen LogP contribution < -0.4 is 5.73 Å². The van der Waals surface area contributed by atoms with Gasteiger partial charge in [-0.2, -0.15) is 4.80 Å². The third-order valence-corrected chi connectivity index (χ3v) is 2.60. The molecule has 0 spiro atoms. The molecular weight excluding hydrogens is 230 g/mol. The summed E-state index contributed by atoms with van der Waals surface area (Å²) in [5.41, 5.74) is 6.35. The summed E-state index contributed by atoms with van der Waals surface area (Å²) in [6.07, 6.45) is 2.06. The van der Waals surface area contributed by atoms with Crippen LogP contribution in [-0.2, 0) is 6.54 Å². The molecule has 2 N–H and O–H groups in total. The summed E-state index contributed by atoms with van der Waals surface area (Å²) in [5.74, 6) is -0.0592. The van der Waals surface area contributed by atoms with Crippen molar-refractivity contribution in [3.8, 4) is 11.4 Å². The van der Waals surface area contributed by atoms with E-state index in [1.807, 2.05) is 6.07 Å². The van der Waals surface area contributed by atoms with Crippen LogP contribution in [0.2, 0.25) is 0 Å². The number of aromatic nitrogens is 4. The SMILES string of the molecule is CCCCn1nnc(-c2ccccc2C(N)=O)n1. The van der Waals surface area contributed by atoms with Crippen LogP contribution in [0.1, 0.15) is 30.1 Å². The van der Waals surface area contributed by atoms with E-state index < -0.39 is 5.91 Å². The van der Waals surface area contributed by atoms with Crippen LogP contribution in [0, 0.1) is 0 Å². The quantitative estimate of drug-likeness (QED) is 0.858. The maximum absolute atomic E-state index is 11.3. The average Bonchev–Trinajstić information content (AvgIpc) is 2.85. The molecule has 94 valence electrons. The highest BCUT2D eigenvalue weighted by Crippen LogP contribution is 2.18. The van der Waals surface area contributed by atoms with Gasteiger partial charge in [-0.25, -0.2) is 0 Å². The Morgan fingerprint density at radius 3 is 2.89 bits per heavy atom. The van der Waals surface area contributed by atoms with Gasteiger partial charge in [0.25, 0.3) is 0 Å². The summed E-state index contributed by atoms with van der Waals surface area (Å²) in [6, 6.07) is 6.99. The van der Waals surface area contributed by atoms with Gasteiger partial charge in [0, 0.05) is 5.56 Å². The Bertz CT molecular complexity index is 549. The summed E-state index contributed by atoms with van der Waals surface area (Å²) in [5, 5.41) is 12.2. The molecule has 0 bridgehead atoms. The van der Waals surface area contributed by atoms with Gasteiger partial charge in [-0.3, -0.25) is 4.79 Å². The fourth-order valence-electron chi connectivity index (χ4n) is 1.64. The van der Waals surface area contributed by atoms with E-state index in [-0.39, 0.29) is 0 Å². The number of benzene rings is 1. The molecule has 1 amide bonds. The maximum atomic E-state index is 11.3. The van der Waals surface area contributed by atoms with Crippen LogP contribution >= 0.6 is 0 Å². The number of aryl methyl sites for hydroxylation is 1. The lowest BCUT2D eigenvalue weighted by Crippen LogP contribution is -2.12. The summed E-state index contributed by atoms with van der Waals surface area (Å²) in [7, 11) is 0. The minimum atomic E-state index is -0.490. The molecule has 0 atom stereocenters. The van der Waals surface area contributed by atoms with Crippen LogP contribution in [0.4, 0.5) is 0 Å². The number of amides is 1. The number of hydrogen-bond donors (Lipinski definition) is 1. The normalized spacial score (nSPS) is 10.5. The molecule has 0 fully saturated rings. The zero-order chi connectivity index (χ0) is 13.0. The van der Waals surface area contributed by atoms with E-state index in [2.05, 4.69) is 22.3 Å². The molecule has 1 aromatic heterocycles. The Kier molecular flexibility index (Phi) is 3.66. The van der Waals surface area contributed by atoms with Crippen LogP contribution in [-0.4, -0.2) is 26.1 Å². The predicted molar refractivity (Wildman–Crippen MR) is 66.7 cm³/mol. The van der Waals surface area contributed by atoms with Gasteiger partial charge in [-0.1, -0.05) is 31.5 Å². The zero-order valence-corrected chi connectivity index (χ0v) is 10.2. The largest absolute Gasteiger partial charge is 0.366 e. The van der Waals surface area contributed by atoms with Gasteiger partial charge in [0.1, 0.15) is 0 Å². The first kappa shape index (κ1) is 12.2. The van der Waals surface area contributed by atoms with E-state index in [4.69, 9.17) is 5.73 Å². The number of carbonyl (C=O) groups excluding carboxylic acids is 1. The third-order valence-electron chi connectivity index (χ3n) is 2.60. The van der Waals surface area contributed by atoms with Crippen LogP contribution in [0.25, 0.3) is 11.4 Å². The molecule has 0 saturated carbocycles. The van der Waals surface area contributed by atoms with Crippen molar-refractivity contribution in [3.63, 3.8) is 0 Å². The molecule has 1 heterocycles. The van der Waals surface area contributed by atoms with Gasteiger partial charge in [-0.15, -0.1) is 10.2 Å². The Labute approximate surface area is 105 Å². The number of rotatable bonds is 5. The highest BCUT2D eigenvalue weighted by Gasteiger charge is 2.13. The Morgan fingerprint density at radius 1 is 1.39 bits per heavy atom. The highest BCUT2D eigenvalue weighted by molar-refractivity contribution is 5.98. The first-order chi connectivity index (χ1) is 8.72. The first-order valence-corrected chi connectivity index (χ1v) is 5.89. The number of hydrogen-bond acceptors (Lipinski definition) is 4. The van der Waals surface area contributed by atoms with Gasteiger partial charge in [0.2, 0.25) is 11.7 Å². The second-order valence-corrected chi connectivity index (χ2v) is 3.97. The molecule has 6 nitrogen and oxygen atoms in total. The highest BCUT2D eigenvalue weighted by atomic mass is 16.1. The molecule has 0 aliphatic rings. The molecule has 1 aromatic carbocycles. The molecular formula is C12H15N5O. The number of primary amides is 1. The Morgan fingerprint density at radius 2 is 2.17 bits per heavy atom. The monoisotopic (exact) mass is 245 g/mol. The molecule has 2 rings (SSSR count). The lowest BCUT2D eigenvalue weighted by molar-refractivity contribution is 0.100. The second-order valence-electron chi connectivity index (χ2n) is 3.97. The van der Waals surface area contributed by atoms with E-state index >= 15 is 0 Å². The zero-order valence-electron chi connectivity index (χ0n) is 10.2. The Balaban J connectivity index is 2.31. The van der Waals surface area contributed by atoms with Gasteiger partial charge >= 0.3 is 0 Å². The molecule has 18 heavy (non-hydrogen) atoms. The van der Waals surface area contributed by atoms with E-state index in [1.165, 1.54) is 4.80 Å². The van der Waals surface area contributed by atoms with E-state index in [9.17, 15) is 4.79 Å². The van der Waals surface area contributed by atoms with Crippen molar-refractivity contribution in [1.82, 2.24) is 20.2 Å². The molecule has 2 aromatic rings. The van der Waals surface area contributed by atoms with Crippen molar-refractivity contribution in [2.75, 3.05) is 0 Å². The van der Waals surface area contributed by atoms with E-state index in [1.54, 1.807) is 18.2 Å². The second kappa shape index (κ2) is 5.39. The summed E-state index contributed by atoms with van der Waals surface area (Å²) in [4.78, 5) is 12.9. The fourth-order valence-corrected chi connectivity index (χ4v) is 1.64. The van der Waals surface area contributed by atoms with Crippen molar-refractivity contribution in [3.05, 3.63) is 29.8 Å². The Hall–Kier alpha value is -2.24. The molecule has 0 saturated heterocycles.